The van der Waals surface area contributed by atoms with Crippen molar-refractivity contribution in [2.45, 2.75) is 38.9 Å². The lowest BCUT2D eigenvalue weighted by Gasteiger charge is -2.03. The molecule has 0 aromatic heterocycles. The first-order valence-electron chi connectivity index (χ1n) is 3.88. The highest BCUT2D eigenvalue weighted by Gasteiger charge is 1.98. The molecule has 10 heavy (non-hydrogen) atoms. The Labute approximate surface area is 76.5 Å². The maximum atomic E-state index is 4.76. The van der Waals surface area contributed by atoms with Crippen molar-refractivity contribution < 1.29 is 0 Å². The fraction of sp³-hybridized carbons (Fsp3) is 1.00. The highest BCUT2D eigenvalue weighted by Crippen LogP contribution is 2.01. The molecule has 0 aliphatic heterocycles. The number of halogens is 2. The third-order valence-electron chi connectivity index (χ3n) is 1.73. The predicted octanol–water partition coefficient (Wildman–Crippen LogP) is 3.69. The van der Waals surface area contributed by atoms with Crippen molar-refractivity contribution >= 4 is 32.0 Å². The van der Waals surface area contributed by atoms with Gasteiger partial charge in [0.25, 0.3) is 0 Å². The first-order chi connectivity index (χ1) is 4.76. The lowest BCUT2D eigenvalue weighted by molar-refractivity contribution is 1.24. The van der Waals surface area contributed by atoms with Gasteiger partial charge in [0.15, 0.2) is 0 Å². The zero-order valence-electron chi connectivity index (χ0n) is 7.16. The first kappa shape index (κ1) is 13.4. The maximum absolute atomic E-state index is 4.76. The van der Waals surface area contributed by atoms with E-state index >= 15 is 0 Å². The summed E-state index contributed by atoms with van der Waals surface area (Å²) in [6.07, 6.45) is 0. The molecular weight excluding hydrogens is 183 g/mol. The SMILES string of the molecule is CC[SiH](CC)CC.ClCCl. The Kier molecular flexibility index (Phi) is 16.7. The summed E-state index contributed by atoms with van der Waals surface area (Å²) in [5, 5.41) is 0.194. The number of hydrogen-bond acceptors (Lipinski definition) is 0. The Hall–Kier alpha value is 0.797. The van der Waals surface area contributed by atoms with Crippen molar-refractivity contribution in [1.82, 2.24) is 0 Å². The first-order valence-corrected chi connectivity index (χ1v) is 7.40. The molecule has 0 spiro atoms. The van der Waals surface area contributed by atoms with Gasteiger partial charge in [0, 0.05) is 8.80 Å². The normalized spacial score (nSPS) is 9.00. The summed E-state index contributed by atoms with van der Waals surface area (Å²) in [4.78, 5) is 0. The largest absolute Gasteiger partial charge is 0.109 e. The monoisotopic (exact) mass is 200 g/mol. The molecule has 0 radical (unpaired) electrons. The minimum absolute atomic E-state index is 0.171. The zero-order chi connectivity index (χ0) is 8.41. The second kappa shape index (κ2) is 12.5. The van der Waals surface area contributed by atoms with Crippen molar-refractivity contribution in [3.8, 4) is 0 Å². The molecule has 0 aliphatic rings. The average molecular weight is 201 g/mol. The van der Waals surface area contributed by atoms with Crippen LogP contribution in [-0.4, -0.2) is 14.1 Å². The molecule has 0 saturated carbocycles. The Bertz CT molecular complexity index is 41.4. The lowest BCUT2D eigenvalue weighted by atomic mass is 10.9. The van der Waals surface area contributed by atoms with Crippen molar-refractivity contribution in [2.75, 3.05) is 5.34 Å². The van der Waals surface area contributed by atoms with Crippen LogP contribution < -0.4 is 0 Å². The molecule has 0 N–H and O–H groups in total. The quantitative estimate of drug-likeness (QED) is 0.482. The summed E-state index contributed by atoms with van der Waals surface area (Å²) >= 11 is 9.53. The zero-order valence-corrected chi connectivity index (χ0v) is 9.83. The lowest BCUT2D eigenvalue weighted by Crippen LogP contribution is -2.04. The molecule has 0 heterocycles. The molecule has 0 saturated heterocycles. The van der Waals surface area contributed by atoms with Crippen LogP contribution in [0.5, 0.6) is 0 Å². The van der Waals surface area contributed by atoms with Crippen LogP contribution in [0.4, 0.5) is 0 Å². The van der Waals surface area contributed by atoms with Gasteiger partial charge in [-0.2, -0.15) is 0 Å². The van der Waals surface area contributed by atoms with Crippen LogP contribution in [0.15, 0.2) is 0 Å². The van der Waals surface area contributed by atoms with Gasteiger partial charge in [-0.05, 0) is 0 Å². The van der Waals surface area contributed by atoms with Crippen molar-refractivity contribution in [3.63, 3.8) is 0 Å². The molecule has 3 heteroatoms. The minimum Gasteiger partial charge on any atom is -0.109 e. The van der Waals surface area contributed by atoms with Gasteiger partial charge >= 0.3 is 0 Å². The minimum atomic E-state index is -0.171. The molecule has 0 aliphatic carbocycles. The van der Waals surface area contributed by atoms with Gasteiger partial charge in [-0.15, -0.1) is 23.2 Å². The molecule has 0 fully saturated rings. The molecule has 0 atom stereocenters. The molecular formula is C7H18Cl2Si. The predicted molar refractivity (Wildman–Crippen MR) is 55.2 cm³/mol. The summed E-state index contributed by atoms with van der Waals surface area (Å²) < 4.78 is 0. The van der Waals surface area contributed by atoms with E-state index in [1.54, 1.807) is 0 Å². The van der Waals surface area contributed by atoms with Crippen molar-refractivity contribution in [3.05, 3.63) is 0 Å². The maximum Gasteiger partial charge on any atom is 0.0967 e. The third-order valence-corrected chi connectivity index (χ3v) is 5.20. The molecule has 0 amide bonds. The molecule has 0 bridgehead atoms. The second-order valence-electron chi connectivity index (χ2n) is 2.19. The van der Waals surface area contributed by atoms with Gasteiger partial charge < -0.3 is 0 Å². The van der Waals surface area contributed by atoms with Gasteiger partial charge in [0.05, 0.1) is 5.34 Å². The van der Waals surface area contributed by atoms with E-state index in [1.165, 1.54) is 18.1 Å². The van der Waals surface area contributed by atoms with Crippen molar-refractivity contribution in [2.24, 2.45) is 0 Å². The third kappa shape index (κ3) is 11.6. The van der Waals surface area contributed by atoms with Gasteiger partial charge in [-0.1, -0.05) is 38.9 Å². The van der Waals surface area contributed by atoms with E-state index in [4.69, 9.17) is 23.2 Å². The highest BCUT2D eigenvalue weighted by molar-refractivity contribution is 6.58. The molecule has 0 nitrogen and oxygen atoms in total. The summed E-state index contributed by atoms with van der Waals surface area (Å²) in [6, 6.07) is 4.48. The van der Waals surface area contributed by atoms with Crippen LogP contribution in [0, 0.1) is 0 Å². The topological polar surface area (TPSA) is 0 Å². The number of alkyl halides is 2. The number of rotatable bonds is 3. The van der Waals surface area contributed by atoms with Gasteiger partial charge in [0.1, 0.15) is 0 Å². The summed E-state index contributed by atoms with van der Waals surface area (Å²) in [7, 11) is -0.171. The van der Waals surface area contributed by atoms with Gasteiger partial charge in [-0.3, -0.25) is 0 Å². The van der Waals surface area contributed by atoms with Gasteiger partial charge in [0.2, 0.25) is 0 Å². The fourth-order valence-electron chi connectivity index (χ4n) is 0.866. The highest BCUT2D eigenvalue weighted by atomic mass is 35.5. The fourth-order valence-corrected chi connectivity index (χ4v) is 2.60. The van der Waals surface area contributed by atoms with E-state index in [0.717, 1.165) is 0 Å². The van der Waals surface area contributed by atoms with Crippen LogP contribution in [0.2, 0.25) is 18.1 Å². The van der Waals surface area contributed by atoms with Crippen LogP contribution in [0.3, 0.4) is 0 Å². The summed E-state index contributed by atoms with van der Waals surface area (Å²) in [5.74, 6) is 0. The van der Waals surface area contributed by atoms with Crippen LogP contribution >= 0.6 is 23.2 Å². The number of hydrogen-bond donors (Lipinski definition) is 0. The summed E-state index contributed by atoms with van der Waals surface area (Å²) in [5.41, 5.74) is 0. The van der Waals surface area contributed by atoms with Gasteiger partial charge in [-0.25, -0.2) is 0 Å². The van der Waals surface area contributed by atoms with E-state index in [0.29, 0.717) is 0 Å². The van der Waals surface area contributed by atoms with E-state index in [-0.39, 0.29) is 14.1 Å². The molecule has 64 valence electrons. The smallest absolute Gasteiger partial charge is 0.0967 e. The average Bonchev–Trinajstić information content (AvgIpc) is 1.93. The second-order valence-corrected chi connectivity index (χ2v) is 7.18. The molecule has 0 aromatic carbocycles. The van der Waals surface area contributed by atoms with Crippen LogP contribution in [0.25, 0.3) is 0 Å². The Morgan fingerprint density at radius 1 is 0.900 bits per heavy atom. The van der Waals surface area contributed by atoms with E-state index < -0.39 is 0 Å². The van der Waals surface area contributed by atoms with Crippen LogP contribution in [-0.2, 0) is 0 Å². The Balaban J connectivity index is 0. The Morgan fingerprint density at radius 2 is 1.10 bits per heavy atom. The molecule has 0 rings (SSSR count). The molecule has 0 aromatic rings. The van der Waals surface area contributed by atoms with E-state index in [2.05, 4.69) is 20.8 Å². The van der Waals surface area contributed by atoms with Crippen LogP contribution in [0.1, 0.15) is 20.8 Å². The van der Waals surface area contributed by atoms with E-state index in [1.807, 2.05) is 0 Å². The molecule has 0 unspecified atom stereocenters. The Morgan fingerprint density at radius 3 is 1.10 bits per heavy atom. The van der Waals surface area contributed by atoms with Crippen molar-refractivity contribution in [1.29, 1.82) is 0 Å². The van der Waals surface area contributed by atoms with E-state index in [9.17, 15) is 0 Å². The summed E-state index contributed by atoms with van der Waals surface area (Å²) in [6.45, 7) is 6.97. The standard InChI is InChI=1S/C6H16Si.CH2Cl2/c1-4-7(5-2)6-3;2-1-3/h7H,4-6H2,1-3H3;1H2.